The van der Waals surface area contributed by atoms with Crippen molar-refractivity contribution in [2.24, 2.45) is 0 Å². The third-order valence-corrected chi connectivity index (χ3v) is 5.16. The highest BCUT2D eigenvalue weighted by Crippen LogP contribution is 2.56. The van der Waals surface area contributed by atoms with E-state index in [1.807, 2.05) is 12.2 Å². The molecule has 0 aliphatic heterocycles. The minimum absolute atomic E-state index is 0.344. The first-order chi connectivity index (χ1) is 8.10. The molecule has 100 valence electrons. The topological polar surface area (TPSA) is 35.5 Å². The van der Waals surface area contributed by atoms with E-state index in [0.717, 1.165) is 12.8 Å². The Labute approximate surface area is 109 Å². The van der Waals surface area contributed by atoms with Crippen LogP contribution >= 0.6 is 19.2 Å². The summed E-state index contributed by atoms with van der Waals surface area (Å²) in [5, 5.41) is -0.570. The SMILES string of the molecule is C=C/C=C/CCCC(Cl)P(=O)(OCC)OCC. The lowest BCUT2D eigenvalue weighted by Gasteiger charge is -2.21. The van der Waals surface area contributed by atoms with Gasteiger partial charge < -0.3 is 9.05 Å². The molecule has 0 aromatic carbocycles. The number of rotatable bonds is 10. The first kappa shape index (κ1) is 16.9. The summed E-state index contributed by atoms with van der Waals surface area (Å²) in [4.78, 5) is 0. The monoisotopic (exact) mass is 280 g/mol. The van der Waals surface area contributed by atoms with Crippen molar-refractivity contribution in [1.82, 2.24) is 0 Å². The van der Waals surface area contributed by atoms with Crippen molar-refractivity contribution in [1.29, 1.82) is 0 Å². The van der Waals surface area contributed by atoms with Gasteiger partial charge in [-0.2, -0.15) is 0 Å². The molecule has 1 unspecified atom stereocenters. The molecule has 0 heterocycles. The highest BCUT2D eigenvalue weighted by atomic mass is 35.5. The van der Waals surface area contributed by atoms with Crippen molar-refractivity contribution in [2.75, 3.05) is 13.2 Å². The first-order valence-electron chi connectivity index (χ1n) is 5.91. The minimum atomic E-state index is -3.14. The van der Waals surface area contributed by atoms with E-state index in [-0.39, 0.29) is 0 Å². The van der Waals surface area contributed by atoms with Crippen LogP contribution in [-0.2, 0) is 13.6 Å². The van der Waals surface area contributed by atoms with Crippen LogP contribution in [0, 0.1) is 0 Å². The van der Waals surface area contributed by atoms with Crippen LogP contribution < -0.4 is 0 Å². The normalized spacial score (nSPS) is 14.1. The summed E-state index contributed by atoms with van der Waals surface area (Å²) in [6, 6.07) is 0. The van der Waals surface area contributed by atoms with E-state index < -0.39 is 12.7 Å². The fourth-order valence-corrected chi connectivity index (χ4v) is 3.42. The van der Waals surface area contributed by atoms with Crippen molar-refractivity contribution in [2.45, 2.75) is 38.2 Å². The molecule has 17 heavy (non-hydrogen) atoms. The van der Waals surface area contributed by atoms with Gasteiger partial charge in [-0.3, -0.25) is 4.57 Å². The van der Waals surface area contributed by atoms with Crippen molar-refractivity contribution in [3.05, 3.63) is 24.8 Å². The van der Waals surface area contributed by atoms with Crippen LogP contribution in [-0.4, -0.2) is 18.3 Å². The molecule has 0 aliphatic rings. The van der Waals surface area contributed by atoms with E-state index in [4.69, 9.17) is 20.6 Å². The molecule has 0 radical (unpaired) electrons. The van der Waals surface area contributed by atoms with Crippen LogP contribution in [0.3, 0.4) is 0 Å². The molecular formula is C12H22ClO3P. The van der Waals surface area contributed by atoms with Gasteiger partial charge in [-0.25, -0.2) is 0 Å². The van der Waals surface area contributed by atoms with E-state index >= 15 is 0 Å². The molecule has 0 fully saturated rings. The van der Waals surface area contributed by atoms with E-state index in [2.05, 4.69) is 6.58 Å². The quantitative estimate of drug-likeness (QED) is 0.251. The summed E-state index contributed by atoms with van der Waals surface area (Å²) in [6.45, 7) is 7.83. The van der Waals surface area contributed by atoms with Crippen LogP contribution in [0.4, 0.5) is 0 Å². The predicted molar refractivity (Wildman–Crippen MR) is 73.7 cm³/mol. The van der Waals surface area contributed by atoms with E-state index in [1.54, 1.807) is 19.9 Å². The molecule has 0 bridgehead atoms. The largest absolute Gasteiger partial charge is 0.348 e. The highest BCUT2D eigenvalue weighted by Gasteiger charge is 2.33. The predicted octanol–water partition coefficient (Wildman–Crippen LogP) is 4.73. The van der Waals surface area contributed by atoms with Gasteiger partial charge in [0.15, 0.2) is 0 Å². The molecule has 1 atom stereocenters. The lowest BCUT2D eigenvalue weighted by atomic mass is 10.2. The first-order valence-corrected chi connectivity index (χ1v) is 7.96. The Kier molecular flexibility index (Phi) is 9.85. The van der Waals surface area contributed by atoms with Gasteiger partial charge in [0.25, 0.3) is 0 Å². The van der Waals surface area contributed by atoms with Crippen molar-refractivity contribution in [3.8, 4) is 0 Å². The molecule has 0 aromatic heterocycles. The van der Waals surface area contributed by atoms with E-state index in [9.17, 15) is 4.57 Å². The maximum absolute atomic E-state index is 12.2. The summed E-state index contributed by atoms with van der Waals surface area (Å²) in [5.41, 5.74) is 0. The zero-order valence-corrected chi connectivity index (χ0v) is 12.3. The van der Waals surface area contributed by atoms with Crippen molar-refractivity contribution < 1.29 is 13.6 Å². The van der Waals surface area contributed by atoms with Crippen LogP contribution in [0.2, 0.25) is 0 Å². The maximum atomic E-state index is 12.2. The Hall–Kier alpha value is -0.0800. The second-order valence-electron chi connectivity index (χ2n) is 3.40. The maximum Gasteiger partial charge on any atom is 0.348 e. The number of unbranched alkanes of at least 4 members (excludes halogenated alkanes) is 1. The van der Waals surface area contributed by atoms with Crippen LogP contribution in [0.1, 0.15) is 33.1 Å². The van der Waals surface area contributed by atoms with Gasteiger partial charge >= 0.3 is 7.60 Å². The van der Waals surface area contributed by atoms with Crippen LogP contribution in [0.25, 0.3) is 0 Å². The zero-order valence-electron chi connectivity index (χ0n) is 10.6. The minimum Gasteiger partial charge on any atom is -0.308 e. The lowest BCUT2D eigenvalue weighted by Crippen LogP contribution is -2.07. The van der Waals surface area contributed by atoms with Gasteiger partial charge in [0, 0.05) is 0 Å². The van der Waals surface area contributed by atoms with Gasteiger partial charge in [0.2, 0.25) is 0 Å². The molecule has 0 rings (SSSR count). The fourth-order valence-electron chi connectivity index (χ4n) is 1.31. The van der Waals surface area contributed by atoms with Crippen molar-refractivity contribution in [3.63, 3.8) is 0 Å². The van der Waals surface area contributed by atoms with Gasteiger partial charge in [0.1, 0.15) is 5.12 Å². The number of hydrogen-bond donors (Lipinski definition) is 0. The van der Waals surface area contributed by atoms with Crippen LogP contribution in [0.15, 0.2) is 24.8 Å². The second-order valence-corrected chi connectivity index (χ2v) is 6.46. The number of allylic oxidation sites excluding steroid dienone is 3. The summed E-state index contributed by atoms with van der Waals surface area (Å²) in [5.74, 6) is 0. The average molecular weight is 281 g/mol. The summed E-state index contributed by atoms with van der Waals surface area (Å²) in [7, 11) is -3.14. The Morgan fingerprint density at radius 2 is 1.94 bits per heavy atom. The molecule has 0 saturated heterocycles. The summed E-state index contributed by atoms with van der Waals surface area (Å²) in [6.07, 6.45) is 7.96. The van der Waals surface area contributed by atoms with Crippen LogP contribution in [0.5, 0.6) is 0 Å². The van der Waals surface area contributed by atoms with Gasteiger partial charge in [0.05, 0.1) is 13.2 Å². The van der Waals surface area contributed by atoms with Gasteiger partial charge in [-0.05, 0) is 33.1 Å². The molecule has 0 amide bonds. The Morgan fingerprint density at radius 3 is 2.41 bits per heavy atom. The Morgan fingerprint density at radius 1 is 1.35 bits per heavy atom. The second kappa shape index (κ2) is 9.90. The van der Waals surface area contributed by atoms with E-state index in [0.29, 0.717) is 19.6 Å². The van der Waals surface area contributed by atoms with Crippen molar-refractivity contribution >= 4 is 19.2 Å². The molecule has 3 nitrogen and oxygen atoms in total. The Bertz CT molecular complexity index is 269. The summed E-state index contributed by atoms with van der Waals surface area (Å²) >= 11 is 6.10. The lowest BCUT2D eigenvalue weighted by molar-refractivity contribution is 0.216. The third-order valence-electron chi connectivity index (χ3n) is 2.05. The third kappa shape index (κ3) is 7.05. The molecule has 0 aromatic rings. The molecule has 5 heteroatoms. The molecule has 0 aliphatic carbocycles. The number of hydrogen-bond acceptors (Lipinski definition) is 3. The molecule has 0 spiro atoms. The smallest absolute Gasteiger partial charge is 0.308 e. The van der Waals surface area contributed by atoms with Gasteiger partial charge in [-0.15, -0.1) is 11.6 Å². The van der Waals surface area contributed by atoms with Gasteiger partial charge in [-0.1, -0.05) is 24.8 Å². The number of halogens is 1. The zero-order chi connectivity index (χ0) is 13.1. The molecule has 0 N–H and O–H groups in total. The number of alkyl halides is 1. The average Bonchev–Trinajstić information content (AvgIpc) is 2.29. The fraction of sp³-hybridized carbons (Fsp3) is 0.667. The molecular weight excluding hydrogens is 259 g/mol. The standard InChI is InChI=1S/C12H22ClO3P/c1-4-7-8-9-10-11-12(13)17(14,15-5-2)16-6-3/h4,7-8,12H,1,5-6,9-11H2,2-3H3/b8-7+. The molecule has 0 saturated carbocycles. The highest BCUT2D eigenvalue weighted by molar-refractivity contribution is 7.56. The Balaban J connectivity index is 4.14. The van der Waals surface area contributed by atoms with E-state index in [1.165, 1.54) is 0 Å². The summed E-state index contributed by atoms with van der Waals surface area (Å²) < 4.78 is 22.6.